The van der Waals surface area contributed by atoms with Gasteiger partial charge in [-0.1, -0.05) is 18.9 Å². The lowest BCUT2D eigenvalue weighted by Crippen LogP contribution is -2.24. The van der Waals surface area contributed by atoms with Crippen LogP contribution in [-0.2, 0) is 12.7 Å². The molecule has 0 spiro atoms. The van der Waals surface area contributed by atoms with Crippen LogP contribution in [0.1, 0.15) is 47.4 Å². The Labute approximate surface area is 205 Å². The number of fused-ring (bicyclic) bond motifs is 1. The Balaban J connectivity index is 1.38. The number of rotatable bonds is 5. The fourth-order valence-corrected chi connectivity index (χ4v) is 4.50. The van der Waals surface area contributed by atoms with Crippen molar-refractivity contribution in [2.45, 2.75) is 38.4 Å². The summed E-state index contributed by atoms with van der Waals surface area (Å²) >= 11 is 0. The molecule has 4 aromatic rings. The molecule has 10 heteroatoms. The first-order valence-corrected chi connectivity index (χ1v) is 11.9. The van der Waals surface area contributed by atoms with E-state index in [1.165, 1.54) is 31.7 Å². The molecule has 0 atom stereocenters. The quantitative estimate of drug-likeness (QED) is 0.374. The molecule has 0 bridgehead atoms. The van der Waals surface area contributed by atoms with Gasteiger partial charge in [-0.3, -0.25) is 24.8 Å². The Hall–Kier alpha value is -3.79. The molecule has 5 rings (SSSR count). The van der Waals surface area contributed by atoms with Crippen LogP contribution in [0.2, 0.25) is 0 Å². The van der Waals surface area contributed by atoms with Gasteiger partial charge in [0, 0.05) is 41.8 Å². The lowest BCUT2D eigenvalue weighted by Gasteiger charge is -2.19. The molecule has 1 aliphatic rings. The molecule has 2 N–H and O–H groups in total. The summed E-state index contributed by atoms with van der Waals surface area (Å²) < 4.78 is 38.9. The van der Waals surface area contributed by atoms with Gasteiger partial charge in [0.05, 0.1) is 5.52 Å². The highest BCUT2D eigenvalue weighted by molar-refractivity contribution is 6.11. The summed E-state index contributed by atoms with van der Waals surface area (Å²) in [4.78, 5) is 23.1. The molecule has 186 valence electrons. The van der Waals surface area contributed by atoms with Crippen LogP contribution in [0.3, 0.4) is 0 Å². The maximum Gasteiger partial charge on any atom is 0.433 e. The summed E-state index contributed by atoms with van der Waals surface area (Å²) in [5, 5.41) is 9.97. The smallest absolute Gasteiger partial charge is 0.320 e. The van der Waals surface area contributed by atoms with Gasteiger partial charge in [-0.15, -0.1) is 0 Å². The number of halogens is 3. The molecule has 1 aliphatic heterocycles. The Morgan fingerprint density at radius 1 is 1.00 bits per heavy atom. The largest absolute Gasteiger partial charge is 0.433 e. The van der Waals surface area contributed by atoms with Crippen molar-refractivity contribution in [2.75, 3.05) is 18.4 Å². The average molecular weight is 495 g/mol. The second-order valence-electron chi connectivity index (χ2n) is 8.99. The standard InChI is InChI=1S/C26H25F3N6O/c27-26(28,29)23-13-20(7-8-31-23)32-25(36)24-21-12-18(5-6-22(21)33-34-24)19-11-17(14-30-15-19)16-35-9-3-1-2-4-10-35/h5-8,11-15H,1-4,9-10,16H2,(H,33,34)(H,31,32,36). The zero-order chi connectivity index (χ0) is 25.1. The Bertz CT molecular complexity index is 1380. The van der Waals surface area contributed by atoms with Gasteiger partial charge in [-0.25, -0.2) is 0 Å². The van der Waals surface area contributed by atoms with Gasteiger partial charge >= 0.3 is 6.18 Å². The molecule has 0 radical (unpaired) electrons. The van der Waals surface area contributed by atoms with Crippen LogP contribution in [0.4, 0.5) is 18.9 Å². The fourth-order valence-electron chi connectivity index (χ4n) is 4.50. The second kappa shape index (κ2) is 10.1. The number of anilines is 1. The molecule has 4 heterocycles. The van der Waals surface area contributed by atoms with Crippen LogP contribution in [-0.4, -0.2) is 44.1 Å². The first-order chi connectivity index (χ1) is 17.4. The summed E-state index contributed by atoms with van der Waals surface area (Å²) in [6.07, 6.45) is 5.05. The summed E-state index contributed by atoms with van der Waals surface area (Å²) in [6, 6.07) is 9.79. The molecular weight excluding hydrogens is 469 g/mol. The highest BCUT2D eigenvalue weighted by Crippen LogP contribution is 2.30. The molecule has 7 nitrogen and oxygen atoms in total. The zero-order valence-electron chi connectivity index (χ0n) is 19.5. The summed E-state index contributed by atoms with van der Waals surface area (Å²) in [6.45, 7) is 3.02. The Kier molecular flexibility index (Phi) is 6.69. The molecule has 3 aromatic heterocycles. The lowest BCUT2D eigenvalue weighted by molar-refractivity contribution is -0.141. The van der Waals surface area contributed by atoms with Gasteiger partial charge in [0.2, 0.25) is 0 Å². The van der Waals surface area contributed by atoms with E-state index in [9.17, 15) is 18.0 Å². The third-order valence-corrected chi connectivity index (χ3v) is 6.32. The van der Waals surface area contributed by atoms with Crippen molar-refractivity contribution in [3.8, 4) is 11.1 Å². The normalized spacial score (nSPS) is 15.1. The molecule has 1 amide bonds. The monoisotopic (exact) mass is 494 g/mol. The highest BCUT2D eigenvalue weighted by atomic mass is 19.4. The number of nitrogens with one attached hydrogen (secondary N) is 2. The molecule has 1 fully saturated rings. The molecule has 0 saturated carbocycles. The number of carbonyl (C=O) groups is 1. The van der Waals surface area contributed by atoms with Gasteiger partial charge in [-0.2, -0.15) is 18.3 Å². The predicted octanol–water partition coefficient (Wildman–Crippen LogP) is 5.67. The topological polar surface area (TPSA) is 86.8 Å². The minimum Gasteiger partial charge on any atom is -0.320 e. The van der Waals surface area contributed by atoms with E-state index in [4.69, 9.17) is 0 Å². The maximum absolute atomic E-state index is 13.0. The number of benzene rings is 1. The van der Waals surface area contributed by atoms with E-state index in [0.29, 0.717) is 10.9 Å². The number of nitrogens with zero attached hydrogens (tertiary/aromatic N) is 4. The maximum atomic E-state index is 13.0. The van der Waals surface area contributed by atoms with E-state index in [1.54, 1.807) is 6.20 Å². The third kappa shape index (κ3) is 5.38. The fraction of sp³-hybridized carbons (Fsp3) is 0.308. The number of alkyl halides is 3. The van der Waals surface area contributed by atoms with Crippen LogP contribution >= 0.6 is 0 Å². The van der Waals surface area contributed by atoms with Gasteiger partial charge < -0.3 is 5.32 Å². The summed E-state index contributed by atoms with van der Waals surface area (Å²) in [5.41, 5.74) is 2.54. The van der Waals surface area contributed by atoms with E-state index in [-0.39, 0.29) is 11.4 Å². The van der Waals surface area contributed by atoms with Gasteiger partial charge in [0.15, 0.2) is 5.69 Å². The van der Waals surface area contributed by atoms with Crippen LogP contribution in [0.5, 0.6) is 0 Å². The van der Waals surface area contributed by atoms with Crippen molar-refractivity contribution in [3.05, 3.63) is 71.9 Å². The van der Waals surface area contributed by atoms with E-state index in [0.717, 1.165) is 48.6 Å². The minimum atomic E-state index is -4.61. The van der Waals surface area contributed by atoms with Crippen molar-refractivity contribution in [3.63, 3.8) is 0 Å². The van der Waals surface area contributed by atoms with Gasteiger partial charge in [-0.05, 0) is 67.4 Å². The molecule has 0 unspecified atom stereocenters. The van der Waals surface area contributed by atoms with Crippen molar-refractivity contribution in [1.82, 2.24) is 25.1 Å². The molecule has 1 saturated heterocycles. The highest BCUT2D eigenvalue weighted by Gasteiger charge is 2.32. The predicted molar refractivity (Wildman–Crippen MR) is 130 cm³/mol. The number of hydrogen-bond acceptors (Lipinski definition) is 5. The number of aromatic nitrogens is 4. The number of pyridine rings is 2. The molecular formula is C26H25F3N6O. The Morgan fingerprint density at radius 3 is 2.58 bits per heavy atom. The summed E-state index contributed by atoms with van der Waals surface area (Å²) in [5.74, 6) is -0.620. The Morgan fingerprint density at radius 2 is 1.81 bits per heavy atom. The molecule has 36 heavy (non-hydrogen) atoms. The molecule has 1 aromatic carbocycles. The van der Waals surface area contributed by atoms with Crippen molar-refractivity contribution in [1.29, 1.82) is 0 Å². The van der Waals surface area contributed by atoms with Gasteiger partial charge in [0.25, 0.3) is 5.91 Å². The number of carbonyl (C=O) groups excluding carboxylic acids is 1. The number of likely N-dealkylation sites (tertiary alicyclic amines) is 1. The third-order valence-electron chi connectivity index (χ3n) is 6.32. The van der Waals surface area contributed by atoms with Crippen LogP contribution in [0.25, 0.3) is 22.0 Å². The van der Waals surface area contributed by atoms with Gasteiger partial charge in [0.1, 0.15) is 5.69 Å². The summed E-state index contributed by atoms with van der Waals surface area (Å²) in [7, 11) is 0. The first kappa shape index (κ1) is 23.9. The van der Waals surface area contributed by atoms with Crippen LogP contribution in [0.15, 0.2) is 55.0 Å². The lowest BCUT2D eigenvalue weighted by atomic mass is 10.0. The molecule has 0 aliphatic carbocycles. The average Bonchev–Trinajstić information content (AvgIpc) is 3.12. The van der Waals surface area contributed by atoms with E-state index < -0.39 is 17.8 Å². The SMILES string of the molecule is O=C(Nc1ccnc(C(F)(F)F)c1)c1n[nH]c2ccc(-c3cncc(CN4CCCCCC4)c3)cc12. The minimum absolute atomic E-state index is 0.0138. The van der Waals surface area contributed by atoms with E-state index in [2.05, 4.69) is 36.4 Å². The number of amides is 1. The van der Waals surface area contributed by atoms with Crippen molar-refractivity contribution in [2.24, 2.45) is 0 Å². The van der Waals surface area contributed by atoms with E-state index >= 15 is 0 Å². The number of hydrogen-bond donors (Lipinski definition) is 2. The second-order valence-corrected chi connectivity index (χ2v) is 8.99. The number of H-pyrrole nitrogens is 1. The van der Waals surface area contributed by atoms with Crippen molar-refractivity contribution >= 4 is 22.5 Å². The van der Waals surface area contributed by atoms with Crippen LogP contribution in [0, 0.1) is 0 Å². The van der Waals surface area contributed by atoms with Crippen LogP contribution < -0.4 is 5.32 Å². The number of aromatic amines is 1. The van der Waals surface area contributed by atoms with Crippen molar-refractivity contribution < 1.29 is 18.0 Å². The zero-order valence-corrected chi connectivity index (χ0v) is 19.5. The van der Waals surface area contributed by atoms with E-state index in [1.807, 2.05) is 24.4 Å². The first-order valence-electron chi connectivity index (χ1n) is 11.9.